The third-order valence-corrected chi connectivity index (χ3v) is 4.24. The van der Waals surface area contributed by atoms with Crippen molar-refractivity contribution in [3.05, 3.63) is 83.3 Å². The molecule has 7 heteroatoms. The Morgan fingerprint density at radius 3 is 2.54 bits per heavy atom. The molecule has 0 unspecified atom stereocenters. The molecule has 1 heterocycles. The van der Waals surface area contributed by atoms with Crippen LogP contribution < -0.4 is 16.8 Å². The van der Waals surface area contributed by atoms with Gasteiger partial charge in [-0.2, -0.15) is 0 Å². The molecule has 0 spiro atoms. The van der Waals surface area contributed by atoms with E-state index in [1.54, 1.807) is 24.3 Å². The maximum atomic E-state index is 12.5. The Morgan fingerprint density at radius 2 is 1.82 bits per heavy atom. The van der Waals surface area contributed by atoms with Crippen molar-refractivity contribution in [1.29, 1.82) is 0 Å². The average Bonchev–Trinajstić information content (AvgIpc) is 2.74. The topological polar surface area (TPSA) is 124 Å². The lowest BCUT2D eigenvalue weighted by molar-refractivity contribution is 0.0952. The molecule has 3 rings (SSSR count). The van der Waals surface area contributed by atoms with Crippen molar-refractivity contribution in [2.45, 2.75) is 13.0 Å². The second-order valence-corrected chi connectivity index (χ2v) is 6.19. The SMILES string of the molecule is NCc1ncc(-c2cccc(C(=O)NCCc3ccccc3)c2)nc1C(N)=O. The molecule has 7 nitrogen and oxygen atoms in total. The molecule has 0 aliphatic heterocycles. The normalized spacial score (nSPS) is 10.5. The Bertz CT molecular complexity index is 989. The number of carbonyl (C=O) groups is 2. The lowest BCUT2D eigenvalue weighted by Gasteiger charge is -2.09. The average molecular weight is 375 g/mol. The van der Waals surface area contributed by atoms with Gasteiger partial charge < -0.3 is 16.8 Å². The second kappa shape index (κ2) is 8.88. The number of hydrogen-bond donors (Lipinski definition) is 3. The minimum atomic E-state index is -0.690. The fourth-order valence-electron chi connectivity index (χ4n) is 2.79. The number of carbonyl (C=O) groups excluding carboxylic acids is 2. The Morgan fingerprint density at radius 1 is 1.04 bits per heavy atom. The minimum Gasteiger partial charge on any atom is -0.364 e. The van der Waals surface area contributed by atoms with Crippen LogP contribution in [0.4, 0.5) is 0 Å². The molecule has 0 fully saturated rings. The number of rotatable bonds is 7. The van der Waals surface area contributed by atoms with Gasteiger partial charge in [-0.05, 0) is 24.1 Å². The molecule has 0 saturated carbocycles. The summed E-state index contributed by atoms with van der Waals surface area (Å²) in [4.78, 5) is 32.5. The van der Waals surface area contributed by atoms with Crippen LogP contribution in [0.3, 0.4) is 0 Å². The van der Waals surface area contributed by atoms with Gasteiger partial charge in [0.25, 0.3) is 11.8 Å². The summed E-state index contributed by atoms with van der Waals surface area (Å²) >= 11 is 0. The van der Waals surface area contributed by atoms with E-state index >= 15 is 0 Å². The van der Waals surface area contributed by atoms with Crippen molar-refractivity contribution in [1.82, 2.24) is 15.3 Å². The number of nitrogens with one attached hydrogen (secondary N) is 1. The van der Waals surface area contributed by atoms with Crippen LogP contribution in [0.2, 0.25) is 0 Å². The van der Waals surface area contributed by atoms with Crippen molar-refractivity contribution in [3.63, 3.8) is 0 Å². The molecule has 3 aromatic rings. The first-order valence-electron chi connectivity index (χ1n) is 8.87. The zero-order chi connectivity index (χ0) is 19.9. The van der Waals surface area contributed by atoms with E-state index in [-0.39, 0.29) is 18.1 Å². The van der Waals surface area contributed by atoms with Gasteiger partial charge in [0.05, 0.1) is 17.6 Å². The zero-order valence-electron chi connectivity index (χ0n) is 15.3. The van der Waals surface area contributed by atoms with Crippen molar-refractivity contribution in [2.24, 2.45) is 11.5 Å². The van der Waals surface area contributed by atoms with Crippen molar-refractivity contribution in [2.75, 3.05) is 6.54 Å². The standard InChI is InChI=1S/C21H21N5O2/c22-12-17-19(20(23)27)26-18(13-25-17)15-7-4-8-16(11-15)21(28)24-10-9-14-5-2-1-3-6-14/h1-8,11,13H,9-10,12,22H2,(H2,23,27)(H,24,28). The molecule has 1 aromatic heterocycles. The van der Waals surface area contributed by atoms with Crippen molar-refractivity contribution in [3.8, 4) is 11.3 Å². The molecule has 0 atom stereocenters. The number of hydrogen-bond acceptors (Lipinski definition) is 5. The smallest absolute Gasteiger partial charge is 0.269 e. The Balaban J connectivity index is 1.74. The molecular weight excluding hydrogens is 354 g/mol. The summed E-state index contributed by atoms with van der Waals surface area (Å²) in [5.41, 5.74) is 14.1. The van der Waals surface area contributed by atoms with Gasteiger partial charge in [-0.15, -0.1) is 0 Å². The van der Waals surface area contributed by atoms with Crippen LogP contribution in [-0.2, 0) is 13.0 Å². The van der Waals surface area contributed by atoms with Crippen LogP contribution in [0.25, 0.3) is 11.3 Å². The van der Waals surface area contributed by atoms with Gasteiger partial charge >= 0.3 is 0 Å². The molecule has 142 valence electrons. The highest BCUT2D eigenvalue weighted by atomic mass is 16.2. The van der Waals surface area contributed by atoms with Gasteiger partial charge in [-0.3, -0.25) is 14.6 Å². The zero-order valence-corrected chi connectivity index (χ0v) is 15.3. The quantitative estimate of drug-likeness (QED) is 0.579. The summed E-state index contributed by atoms with van der Waals surface area (Å²) in [5, 5.41) is 2.91. The van der Waals surface area contributed by atoms with Gasteiger partial charge in [0, 0.05) is 24.2 Å². The van der Waals surface area contributed by atoms with Gasteiger partial charge in [0.1, 0.15) is 0 Å². The van der Waals surface area contributed by atoms with E-state index in [0.717, 1.165) is 12.0 Å². The van der Waals surface area contributed by atoms with Gasteiger partial charge in [0.2, 0.25) is 0 Å². The predicted octanol–water partition coefficient (Wildman–Crippen LogP) is 1.67. The molecule has 0 saturated heterocycles. The monoisotopic (exact) mass is 375 g/mol. The highest BCUT2D eigenvalue weighted by Gasteiger charge is 2.14. The van der Waals surface area contributed by atoms with E-state index in [2.05, 4.69) is 15.3 Å². The Kier molecular flexibility index (Phi) is 6.08. The number of nitrogens with two attached hydrogens (primary N) is 2. The molecule has 2 amide bonds. The maximum Gasteiger partial charge on any atom is 0.269 e. The number of benzene rings is 2. The van der Waals surface area contributed by atoms with Gasteiger partial charge in [0.15, 0.2) is 5.69 Å². The number of amides is 2. The number of aromatic nitrogens is 2. The first-order valence-corrected chi connectivity index (χ1v) is 8.87. The van der Waals surface area contributed by atoms with Crippen LogP contribution in [0, 0.1) is 0 Å². The fourth-order valence-corrected chi connectivity index (χ4v) is 2.79. The largest absolute Gasteiger partial charge is 0.364 e. The summed E-state index contributed by atoms with van der Waals surface area (Å²) < 4.78 is 0. The lowest BCUT2D eigenvalue weighted by Crippen LogP contribution is -2.25. The molecular formula is C21H21N5O2. The lowest BCUT2D eigenvalue weighted by atomic mass is 10.1. The molecule has 5 N–H and O–H groups in total. The Hall–Kier alpha value is -3.58. The highest BCUT2D eigenvalue weighted by molar-refractivity contribution is 5.95. The predicted molar refractivity (Wildman–Crippen MR) is 106 cm³/mol. The summed E-state index contributed by atoms with van der Waals surface area (Å²) in [5.74, 6) is -0.871. The molecule has 2 aromatic carbocycles. The maximum absolute atomic E-state index is 12.5. The molecule has 0 aliphatic rings. The summed E-state index contributed by atoms with van der Waals surface area (Å²) in [7, 11) is 0. The van der Waals surface area contributed by atoms with Gasteiger partial charge in [-0.25, -0.2) is 4.98 Å². The number of primary amides is 1. The summed E-state index contributed by atoms with van der Waals surface area (Å²) in [6.45, 7) is 0.597. The second-order valence-electron chi connectivity index (χ2n) is 6.19. The van der Waals surface area contributed by atoms with Crippen LogP contribution in [-0.4, -0.2) is 28.3 Å². The van der Waals surface area contributed by atoms with Crippen LogP contribution in [0.1, 0.15) is 32.1 Å². The Labute approximate surface area is 162 Å². The molecule has 28 heavy (non-hydrogen) atoms. The number of nitrogens with zero attached hydrogens (tertiary/aromatic N) is 2. The van der Waals surface area contributed by atoms with Gasteiger partial charge in [-0.1, -0.05) is 42.5 Å². The molecule has 0 bridgehead atoms. The van der Waals surface area contributed by atoms with Crippen molar-refractivity contribution >= 4 is 11.8 Å². The van der Waals surface area contributed by atoms with E-state index in [1.165, 1.54) is 6.20 Å². The van der Waals surface area contributed by atoms with Crippen LogP contribution >= 0.6 is 0 Å². The summed E-state index contributed by atoms with van der Waals surface area (Å²) in [6.07, 6.45) is 2.27. The van der Waals surface area contributed by atoms with E-state index in [9.17, 15) is 9.59 Å². The van der Waals surface area contributed by atoms with E-state index in [0.29, 0.717) is 29.1 Å². The first kappa shape index (κ1) is 19.2. The van der Waals surface area contributed by atoms with E-state index in [4.69, 9.17) is 11.5 Å². The van der Waals surface area contributed by atoms with Crippen molar-refractivity contribution < 1.29 is 9.59 Å². The first-order chi connectivity index (χ1) is 13.6. The third-order valence-electron chi connectivity index (χ3n) is 4.24. The van der Waals surface area contributed by atoms with E-state index < -0.39 is 5.91 Å². The van der Waals surface area contributed by atoms with Crippen LogP contribution in [0.15, 0.2) is 60.8 Å². The van der Waals surface area contributed by atoms with E-state index in [1.807, 2.05) is 30.3 Å². The minimum absolute atomic E-state index is 0.0396. The highest BCUT2D eigenvalue weighted by Crippen LogP contribution is 2.19. The fraction of sp³-hybridized carbons (Fsp3) is 0.143. The molecule has 0 aliphatic carbocycles. The third kappa shape index (κ3) is 4.57. The molecule has 0 radical (unpaired) electrons. The summed E-state index contributed by atoms with van der Waals surface area (Å²) in [6, 6.07) is 16.9. The van der Waals surface area contributed by atoms with Crippen LogP contribution in [0.5, 0.6) is 0 Å².